The van der Waals surface area contributed by atoms with Gasteiger partial charge in [0.25, 0.3) is 0 Å². The molecule has 0 unspecified atom stereocenters. The number of nitrogens with zero attached hydrogens (tertiary/aromatic N) is 2. The first-order valence-corrected chi connectivity index (χ1v) is 9.10. The zero-order valence-corrected chi connectivity index (χ0v) is 14.8. The molecule has 0 spiro atoms. The second kappa shape index (κ2) is 7.71. The Labute approximate surface area is 151 Å². The van der Waals surface area contributed by atoms with E-state index in [0.717, 1.165) is 23.4 Å². The maximum absolute atomic E-state index is 13.2. The summed E-state index contributed by atoms with van der Waals surface area (Å²) in [6.45, 7) is 2.00. The summed E-state index contributed by atoms with van der Waals surface area (Å²) < 4.78 is 26.7. The summed E-state index contributed by atoms with van der Waals surface area (Å²) in [7, 11) is 0. The molecular formula is C17H13F2N3OS2. The summed E-state index contributed by atoms with van der Waals surface area (Å²) in [5.74, 6) is -2.23. The third kappa shape index (κ3) is 4.61. The molecule has 4 nitrogen and oxygen atoms in total. The number of anilines is 2. The third-order valence-electron chi connectivity index (χ3n) is 3.24. The van der Waals surface area contributed by atoms with Crippen LogP contribution in [0.3, 0.4) is 0 Å². The van der Waals surface area contributed by atoms with Crippen LogP contribution in [0.15, 0.2) is 46.8 Å². The minimum atomic E-state index is -1.03. The molecule has 0 atom stereocenters. The number of hydrogen-bond donors (Lipinski definition) is 1. The van der Waals surface area contributed by atoms with Crippen molar-refractivity contribution < 1.29 is 13.6 Å². The standard InChI is InChI=1S/C17H13F2N3OS2/c1-10-3-2-4-12(7-10)20-16-21-22-17(25-16)24-9-15(23)11-5-6-13(18)14(19)8-11/h2-8H,9H2,1H3,(H,20,21). The van der Waals surface area contributed by atoms with Gasteiger partial charge in [0.15, 0.2) is 21.8 Å². The molecule has 3 rings (SSSR count). The molecule has 0 saturated heterocycles. The van der Waals surface area contributed by atoms with Gasteiger partial charge in [-0.25, -0.2) is 8.78 Å². The van der Waals surface area contributed by atoms with E-state index in [1.54, 1.807) is 0 Å². The number of hydrogen-bond acceptors (Lipinski definition) is 6. The van der Waals surface area contributed by atoms with Gasteiger partial charge in [0.05, 0.1) is 5.75 Å². The van der Waals surface area contributed by atoms with Crippen molar-refractivity contribution in [3.63, 3.8) is 0 Å². The van der Waals surface area contributed by atoms with Gasteiger partial charge < -0.3 is 5.32 Å². The Morgan fingerprint density at radius 2 is 2.00 bits per heavy atom. The Morgan fingerprint density at radius 1 is 1.16 bits per heavy atom. The average Bonchev–Trinajstić information content (AvgIpc) is 3.02. The number of ketones is 1. The topological polar surface area (TPSA) is 54.9 Å². The molecule has 0 saturated carbocycles. The molecular weight excluding hydrogens is 364 g/mol. The minimum Gasteiger partial charge on any atom is -0.330 e. The Kier molecular flexibility index (Phi) is 5.40. The minimum absolute atomic E-state index is 0.0736. The highest BCUT2D eigenvalue weighted by atomic mass is 32.2. The number of aromatic nitrogens is 2. The fourth-order valence-electron chi connectivity index (χ4n) is 2.05. The van der Waals surface area contributed by atoms with Crippen LogP contribution in [-0.4, -0.2) is 21.7 Å². The number of thioether (sulfide) groups is 1. The number of aryl methyl sites for hydroxylation is 1. The SMILES string of the molecule is Cc1cccc(Nc2nnc(SCC(=O)c3ccc(F)c(F)c3)s2)c1. The van der Waals surface area contributed by atoms with E-state index < -0.39 is 11.6 Å². The fourth-order valence-corrected chi connectivity index (χ4v) is 3.71. The molecule has 0 radical (unpaired) electrons. The third-order valence-corrected chi connectivity index (χ3v) is 5.22. The van der Waals surface area contributed by atoms with E-state index in [1.807, 2.05) is 31.2 Å². The van der Waals surface area contributed by atoms with E-state index in [9.17, 15) is 13.6 Å². The second-order valence-electron chi connectivity index (χ2n) is 5.21. The number of rotatable bonds is 6. The van der Waals surface area contributed by atoms with E-state index >= 15 is 0 Å². The highest BCUT2D eigenvalue weighted by molar-refractivity contribution is 8.01. The Hall–Kier alpha value is -2.32. The molecule has 2 aromatic carbocycles. The van der Waals surface area contributed by atoms with Crippen LogP contribution in [0.25, 0.3) is 0 Å². The monoisotopic (exact) mass is 377 g/mol. The van der Waals surface area contributed by atoms with Crippen LogP contribution in [0, 0.1) is 18.6 Å². The molecule has 0 aliphatic heterocycles. The zero-order chi connectivity index (χ0) is 17.8. The van der Waals surface area contributed by atoms with Gasteiger partial charge in [-0.2, -0.15) is 0 Å². The van der Waals surface area contributed by atoms with Gasteiger partial charge in [0, 0.05) is 11.3 Å². The van der Waals surface area contributed by atoms with Crippen LogP contribution in [-0.2, 0) is 0 Å². The average molecular weight is 377 g/mol. The van der Waals surface area contributed by atoms with Crippen molar-refractivity contribution >= 4 is 39.7 Å². The number of halogens is 2. The predicted molar refractivity (Wildman–Crippen MR) is 95.8 cm³/mol. The van der Waals surface area contributed by atoms with Crippen molar-refractivity contribution in [2.45, 2.75) is 11.3 Å². The van der Waals surface area contributed by atoms with Gasteiger partial charge >= 0.3 is 0 Å². The lowest BCUT2D eigenvalue weighted by Gasteiger charge is -2.02. The van der Waals surface area contributed by atoms with Crippen molar-refractivity contribution in [2.75, 3.05) is 11.1 Å². The molecule has 1 heterocycles. The summed E-state index contributed by atoms with van der Waals surface area (Å²) in [5.41, 5.74) is 2.17. The van der Waals surface area contributed by atoms with Crippen LogP contribution in [0.2, 0.25) is 0 Å². The number of nitrogens with one attached hydrogen (secondary N) is 1. The maximum Gasteiger partial charge on any atom is 0.210 e. The fraction of sp³-hybridized carbons (Fsp3) is 0.118. The summed E-state index contributed by atoms with van der Waals surface area (Å²) in [4.78, 5) is 12.0. The number of Topliss-reactive ketones (excluding diaryl/α,β-unsaturated/α-hetero) is 1. The van der Waals surface area contributed by atoms with Gasteiger partial charge in [0.2, 0.25) is 5.13 Å². The Morgan fingerprint density at radius 3 is 2.76 bits per heavy atom. The smallest absolute Gasteiger partial charge is 0.210 e. The lowest BCUT2D eigenvalue weighted by molar-refractivity contribution is 0.102. The second-order valence-corrected chi connectivity index (χ2v) is 7.41. The molecule has 1 N–H and O–H groups in total. The van der Waals surface area contributed by atoms with Crippen molar-refractivity contribution in [2.24, 2.45) is 0 Å². The summed E-state index contributed by atoms with van der Waals surface area (Å²) in [6, 6.07) is 11.0. The molecule has 8 heteroatoms. The van der Waals surface area contributed by atoms with Crippen LogP contribution in [0.4, 0.5) is 19.6 Å². The van der Waals surface area contributed by atoms with Gasteiger partial charge in [-0.15, -0.1) is 10.2 Å². The molecule has 0 amide bonds. The predicted octanol–water partition coefficient (Wildman–Crippen LogP) is 4.84. The van der Waals surface area contributed by atoms with Gasteiger partial charge in [-0.1, -0.05) is 35.2 Å². The number of carbonyl (C=O) groups is 1. The highest BCUT2D eigenvalue weighted by Crippen LogP contribution is 2.28. The van der Waals surface area contributed by atoms with Crippen LogP contribution < -0.4 is 5.32 Å². The maximum atomic E-state index is 13.2. The van der Waals surface area contributed by atoms with E-state index in [4.69, 9.17) is 0 Å². The van der Waals surface area contributed by atoms with Gasteiger partial charge in [-0.3, -0.25) is 4.79 Å². The van der Waals surface area contributed by atoms with Gasteiger partial charge in [-0.05, 0) is 42.8 Å². The van der Waals surface area contributed by atoms with Crippen LogP contribution in [0.5, 0.6) is 0 Å². The van der Waals surface area contributed by atoms with Crippen LogP contribution >= 0.6 is 23.1 Å². The normalized spacial score (nSPS) is 10.7. The highest BCUT2D eigenvalue weighted by Gasteiger charge is 2.12. The van der Waals surface area contributed by atoms with Crippen molar-refractivity contribution in [3.8, 4) is 0 Å². The molecule has 1 aromatic heterocycles. The van der Waals surface area contributed by atoms with Crippen molar-refractivity contribution in [1.29, 1.82) is 0 Å². The lowest BCUT2D eigenvalue weighted by Crippen LogP contribution is -2.03. The van der Waals surface area contributed by atoms with E-state index in [1.165, 1.54) is 29.2 Å². The number of benzene rings is 2. The van der Waals surface area contributed by atoms with Crippen LogP contribution in [0.1, 0.15) is 15.9 Å². The lowest BCUT2D eigenvalue weighted by atomic mass is 10.1. The quantitative estimate of drug-likeness (QED) is 0.492. The van der Waals surface area contributed by atoms with E-state index in [-0.39, 0.29) is 17.1 Å². The van der Waals surface area contributed by atoms with Crippen molar-refractivity contribution in [3.05, 3.63) is 65.2 Å². The summed E-state index contributed by atoms with van der Waals surface area (Å²) in [6.07, 6.45) is 0. The molecule has 0 fully saturated rings. The summed E-state index contributed by atoms with van der Waals surface area (Å²) in [5, 5.41) is 11.8. The Balaban J connectivity index is 1.59. The largest absolute Gasteiger partial charge is 0.330 e. The molecule has 0 bridgehead atoms. The zero-order valence-electron chi connectivity index (χ0n) is 13.1. The molecule has 128 valence electrons. The van der Waals surface area contributed by atoms with Crippen molar-refractivity contribution in [1.82, 2.24) is 10.2 Å². The first-order chi connectivity index (χ1) is 12.0. The first kappa shape index (κ1) is 17.5. The molecule has 25 heavy (non-hydrogen) atoms. The first-order valence-electron chi connectivity index (χ1n) is 7.29. The van der Waals surface area contributed by atoms with E-state index in [0.29, 0.717) is 9.47 Å². The van der Waals surface area contributed by atoms with Gasteiger partial charge in [0.1, 0.15) is 0 Å². The molecule has 0 aliphatic rings. The number of carbonyl (C=O) groups excluding carboxylic acids is 1. The summed E-state index contributed by atoms with van der Waals surface area (Å²) >= 11 is 2.53. The molecule has 0 aliphatic carbocycles. The van der Waals surface area contributed by atoms with E-state index in [2.05, 4.69) is 15.5 Å². The molecule has 3 aromatic rings. The Bertz CT molecular complexity index is 914.